The van der Waals surface area contributed by atoms with Gasteiger partial charge in [-0.3, -0.25) is 0 Å². The Kier molecular flexibility index (Phi) is 6.68. The molecule has 2 aromatic carbocycles. The Bertz CT molecular complexity index is 970. The molecule has 1 aromatic heterocycles. The zero-order valence-electron chi connectivity index (χ0n) is 15.8. The van der Waals surface area contributed by atoms with Gasteiger partial charge in [0.15, 0.2) is 5.82 Å². The van der Waals surface area contributed by atoms with Gasteiger partial charge in [-0.05, 0) is 48.4 Å². The summed E-state index contributed by atoms with van der Waals surface area (Å²) in [5, 5.41) is 13.8. The number of halogens is 1. The van der Waals surface area contributed by atoms with Crippen molar-refractivity contribution in [2.75, 3.05) is 32.7 Å². The topological polar surface area (TPSA) is 76.5 Å². The minimum Gasteiger partial charge on any atom is -0.497 e. The van der Waals surface area contributed by atoms with Crippen molar-refractivity contribution in [3.05, 3.63) is 52.8 Å². The summed E-state index contributed by atoms with van der Waals surface area (Å²) in [5.41, 5.74) is 1.65. The monoisotopic (exact) mass is 399 g/mol. The minimum atomic E-state index is 0.117. The highest BCUT2D eigenvalue weighted by Crippen LogP contribution is 2.26. The summed E-state index contributed by atoms with van der Waals surface area (Å²) in [4.78, 5) is 9.20. The third-order valence-corrected chi connectivity index (χ3v) is 4.34. The predicted molar refractivity (Wildman–Crippen MR) is 113 cm³/mol. The van der Waals surface area contributed by atoms with Crippen LogP contribution in [0.1, 0.15) is 17.8 Å². The number of aliphatic hydroxyl groups is 1. The first-order valence-electron chi connectivity index (χ1n) is 8.86. The highest BCUT2D eigenvalue weighted by atomic mass is 35.5. The molecule has 0 saturated heterocycles. The highest BCUT2D eigenvalue weighted by Gasteiger charge is 2.07. The maximum atomic E-state index is 9.02. The predicted octanol–water partition coefficient (Wildman–Crippen LogP) is 4.27. The van der Waals surface area contributed by atoms with Gasteiger partial charge in [-0.1, -0.05) is 17.7 Å². The molecular formula is C21H22ClN3O3. The van der Waals surface area contributed by atoms with E-state index in [-0.39, 0.29) is 6.61 Å². The Morgan fingerprint density at radius 1 is 1.04 bits per heavy atom. The zero-order chi connectivity index (χ0) is 19.9. The summed E-state index contributed by atoms with van der Waals surface area (Å²) in [6.45, 7) is 0.730. The van der Waals surface area contributed by atoms with Gasteiger partial charge < -0.3 is 19.9 Å². The normalized spacial score (nSPS) is 11.1. The summed E-state index contributed by atoms with van der Waals surface area (Å²) in [7, 11) is 3.23. The largest absolute Gasteiger partial charge is 0.497 e. The molecule has 0 unspecified atom stereocenters. The van der Waals surface area contributed by atoms with Crippen LogP contribution in [-0.2, 0) is 0 Å². The summed E-state index contributed by atoms with van der Waals surface area (Å²) < 4.78 is 10.6. The number of benzene rings is 2. The van der Waals surface area contributed by atoms with Crippen LogP contribution < -0.4 is 14.8 Å². The Labute approximate surface area is 168 Å². The van der Waals surface area contributed by atoms with Crippen LogP contribution in [0.25, 0.3) is 23.1 Å². The van der Waals surface area contributed by atoms with Crippen LogP contribution in [0.2, 0.25) is 5.02 Å². The number of hydrogen-bond acceptors (Lipinski definition) is 6. The molecule has 6 nitrogen and oxygen atoms in total. The minimum absolute atomic E-state index is 0.117. The van der Waals surface area contributed by atoms with Crippen molar-refractivity contribution in [1.82, 2.24) is 9.97 Å². The molecule has 0 saturated carbocycles. The van der Waals surface area contributed by atoms with Gasteiger partial charge in [-0.25, -0.2) is 9.97 Å². The Morgan fingerprint density at radius 3 is 2.46 bits per heavy atom. The van der Waals surface area contributed by atoms with E-state index in [9.17, 15) is 0 Å². The molecule has 28 heavy (non-hydrogen) atoms. The molecule has 0 spiro atoms. The van der Waals surface area contributed by atoms with Gasteiger partial charge in [-0.15, -0.1) is 0 Å². The second-order valence-corrected chi connectivity index (χ2v) is 6.51. The summed E-state index contributed by atoms with van der Waals surface area (Å²) in [5.74, 6) is 2.66. The lowest BCUT2D eigenvalue weighted by molar-refractivity contribution is 0.292. The van der Waals surface area contributed by atoms with Crippen molar-refractivity contribution in [3.63, 3.8) is 0 Å². The molecule has 0 radical (unpaired) electrons. The first kappa shape index (κ1) is 19.9. The molecule has 7 heteroatoms. The van der Waals surface area contributed by atoms with Crippen LogP contribution in [0.5, 0.6) is 11.5 Å². The fourth-order valence-electron chi connectivity index (χ4n) is 2.71. The van der Waals surface area contributed by atoms with Gasteiger partial charge in [0, 0.05) is 29.6 Å². The lowest BCUT2D eigenvalue weighted by atomic mass is 10.1. The van der Waals surface area contributed by atoms with Crippen LogP contribution in [0, 0.1) is 0 Å². The lowest BCUT2D eigenvalue weighted by Gasteiger charge is -2.09. The molecule has 2 N–H and O–H groups in total. The number of rotatable bonds is 8. The number of anilines is 1. The van der Waals surface area contributed by atoms with Crippen LogP contribution in [0.15, 0.2) is 36.4 Å². The number of fused-ring (bicyclic) bond motifs is 1. The fourth-order valence-corrected chi connectivity index (χ4v) is 2.88. The van der Waals surface area contributed by atoms with Crippen molar-refractivity contribution in [2.45, 2.75) is 6.42 Å². The number of ether oxygens (including phenoxy) is 2. The van der Waals surface area contributed by atoms with Gasteiger partial charge in [0.05, 0.1) is 19.7 Å². The summed E-state index contributed by atoms with van der Waals surface area (Å²) in [6.07, 6.45) is 4.36. The zero-order valence-corrected chi connectivity index (χ0v) is 16.5. The molecule has 0 aliphatic heterocycles. The van der Waals surface area contributed by atoms with Crippen molar-refractivity contribution in [2.24, 2.45) is 0 Å². The molecule has 0 fully saturated rings. The fraction of sp³-hybridized carbons (Fsp3) is 0.238. The molecule has 0 aliphatic carbocycles. The molecule has 3 rings (SSSR count). The quantitative estimate of drug-likeness (QED) is 0.551. The standard InChI is InChI=1S/C21H22ClN3O3/c1-27-16-10-14(11-17(13-16)28-2)4-7-20-24-19-12-15(22)5-6-18(19)21(25-20)23-8-3-9-26/h4-7,10-13,26H,3,8-9H2,1-2H3,(H,23,24,25)/b7-4+. The van der Waals surface area contributed by atoms with Gasteiger partial charge in [0.25, 0.3) is 0 Å². The van der Waals surface area contributed by atoms with Crippen LogP contribution in [0.3, 0.4) is 0 Å². The summed E-state index contributed by atoms with van der Waals surface area (Å²) in [6, 6.07) is 11.1. The van der Waals surface area contributed by atoms with Crippen molar-refractivity contribution in [1.29, 1.82) is 0 Å². The van der Waals surface area contributed by atoms with E-state index < -0.39 is 0 Å². The van der Waals surface area contributed by atoms with Gasteiger partial charge in [0.2, 0.25) is 0 Å². The highest BCUT2D eigenvalue weighted by molar-refractivity contribution is 6.31. The third-order valence-electron chi connectivity index (χ3n) is 4.10. The van der Waals surface area contributed by atoms with Crippen molar-refractivity contribution >= 4 is 40.5 Å². The van der Waals surface area contributed by atoms with E-state index in [0.717, 1.165) is 16.5 Å². The van der Waals surface area contributed by atoms with Crippen molar-refractivity contribution in [3.8, 4) is 11.5 Å². The van der Waals surface area contributed by atoms with Crippen LogP contribution in [0.4, 0.5) is 5.82 Å². The maximum Gasteiger partial charge on any atom is 0.154 e. The average Bonchev–Trinajstić information content (AvgIpc) is 2.71. The molecule has 146 valence electrons. The van der Waals surface area contributed by atoms with Crippen LogP contribution >= 0.6 is 11.6 Å². The Morgan fingerprint density at radius 2 is 1.79 bits per heavy atom. The SMILES string of the molecule is COc1cc(/C=C/c2nc(NCCCO)c3ccc(Cl)cc3n2)cc(OC)c1. The number of methoxy groups -OCH3 is 2. The van der Waals surface area contributed by atoms with E-state index >= 15 is 0 Å². The van der Waals surface area contributed by atoms with E-state index in [1.165, 1.54) is 0 Å². The lowest BCUT2D eigenvalue weighted by Crippen LogP contribution is -2.07. The van der Waals surface area contributed by atoms with E-state index in [0.29, 0.717) is 41.1 Å². The van der Waals surface area contributed by atoms with Crippen molar-refractivity contribution < 1.29 is 14.6 Å². The number of aliphatic hydroxyl groups excluding tert-OH is 1. The molecule has 3 aromatic rings. The van der Waals surface area contributed by atoms with Gasteiger partial charge in [0.1, 0.15) is 17.3 Å². The number of hydrogen-bond donors (Lipinski definition) is 2. The molecule has 1 heterocycles. The molecular weight excluding hydrogens is 378 g/mol. The molecule has 0 bridgehead atoms. The van der Waals surface area contributed by atoms with E-state index in [1.807, 2.05) is 48.6 Å². The van der Waals surface area contributed by atoms with Crippen LogP contribution in [-0.4, -0.2) is 42.4 Å². The van der Waals surface area contributed by atoms with E-state index in [2.05, 4.69) is 15.3 Å². The number of aromatic nitrogens is 2. The first-order valence-corrected chi connectivity index (χ1v) is 9.24. The second kappa shape index (κ2) is 9.39. The Hall–Kier alpha value is -2.83. The van der Waals surface area contributed by atoms with Gasteiger partial charge >= 0.3 is 0 Å². The maximum absolute atomic E-state index is 9.02. The first-order chi connectivity index (χ1) is 13.6. The average molecular weight is 400 g/mol. The second-order valence-electron chi connectivity index (χ2n) is 6.08. The smallest absolute Gasteiger partial charge is 0.154 e. The number of nitrogens with one attached hydrogen (secondary N) is 1. The molecule has 0 aliphatic rings. The van der Waals surface area contributed by atoms with Gasteiger partial charge in [-0.2, -0.15) is 0 Å². The number of nitrogens with zero attached hydrogens (tertiary/aromatic N) is 2. The third kappa shape index (κ3) is 4.91. The summed E-state index contributed by atoms with van der Waals surface area (Å²) >= 11 is 6.13. The Balaban J connectivity index is 1.97. The molecule has 0 atom stereocenters. The van der Waals surface area contributed by atoms with E-state index in [4.69, 9.17) is 26.2 Å². The van der Waals surface area contributed by atoms with E-state index in [1.54, 1.807) is 14.2 Å². The molecule has 0 amide bonds.